The zero-order chi connectivity index (χ0) is 16.1. The Balaban J connectivity index is 2.08. The molecule has 0 atom stereocenters. The number of hydrogen-bond donors (Lipinski definition) is 0. The molecule has 0 aliphatic heterocycles. The van der Waals surface area contributed by atoms with Crippen LogP contribution in [0, 0.1) is 0 Å². The number of ketones is 1. The lowest BCUT2D eigenvalue weighted by atomic mass is 10.1. The fourth-order valence-corrected chi connectivity index (χ4v) is 3.49. The first-order valence-corrected chi connectivity index (χ1v) is 8.84. The molecule has 0 bridgehead atoms. The molecule has 0 aliphatic rings. The van der Waals surface area contributed by atoms with Crippen LogP contribution < -0.4 is 0 Å². The van der Waals surface area contributed by atoms with Gasteiger partial charge in [-0.05, 0) is 31.5 Å². The van der Waals surface area contributed by atoms with E-state index in [0.29, 0.717) is 15.6 Å². The van der Waals surface area contributed by atoms with E-state index >= 15 is 0 Å². The summed E-state index contributed by atoms with van der Waals surface area (Å²) in [5.74, 6) is 1.19. The molecule has 0 fully saturated rings. The second kappa shape index (κ2) is 7.99. The molecule has 1 heterocycles. The summed E-state index contributed by atoms with van der Waals surface area (Å²) < 4.78 is 2.05. The summed E-state index contributed by atoms with van der Waals surface area (Å²) in [4.78, 5) is 12.3. The molecule has 4 nitrogen and oxygen atoms in total. The summed E-state index contributed by atoms with van der Waals surface area (Å²) in [6.07, 6.45) is 1.90. The van der Waals surface area contributed by atoms with Crippen molar-refractivity contribution in [3.8, 4) is 0 Å². The zero-order valence-corrected chi connectivity index (χ0v) is 14.8. The van der Waals surface area contributed by atoms with Gasteiger partial charge in [0.25, 0.3) is 0 Å². The molecule has 1 aromatic heterocycles. The van der Waals surface area contributed by atoms with E-state index in [1.807, 2.05) is 11.5 Å². The number of rotatable bonds is 7. The lowest BCUT2D eigenvalue weighted by Gasteiger charge is -2.07. The van der Waals surface area contributed by atoms with Crippen LogP contribution in [0.15, 0.2) is 23.4 Å². The number of hydrogen-bond acceptors (Lipinski definition) is 4. The van der Waals surface area contributed by atoms with Gasteiger partial charge in [0.15, 0.2) is 10.9 Å². The standard InChI is InChI=1S/C15H17Cl2N3OS/c1-3-5-14-18-19-15(20(14)4-2)22-9-13(21)11-7-6-10(16)8-12(11)17/h6-8H,3-5,9H2,1-2H3. The van der Waals surface area contributed by atoms with Crippen molar-refractivity contribution < 1.29 is 4.79 Å². The first-order chi connectivity index (χ1) is 10.6. The summed E-state index contributed by atoms with van der Waals surface area (Å²) >= 11 is 13.3. The van der Waals surface area contributed by atoms with E-state index in [0.717, 1.165) is 30.4 Å². The second-order valence-electron chi connectivity index (χ2n) is 4.73. The highest BCUT2D eigenvalue weighted by molar-refractivity contribution is 7.99. The van der Waals surface area contributed by atoms with Crippen molar-refractivity contribution in [1.29, 1.82) is 0 Å². The molecular formula is C15H17Cl2N3OS. The van der Waals surface area contributed by atoms with Crippen molar-refractivity contribution in [2.24, 2.45) is 0 Å². The summed E-state index contributed by atoms with van der Waals surface area (Å²) in [7, 11) is 0. The van der Waals surface area contributed by atoms with Gasteiger partial charge in [0.2, 0.25) is 0 Å². The van der Waals surface area contributed by atoms with Gasteiger partial charge in [0.1, 0.15) is 5.82 Å². The maximum absolute atomic E-state index is 12.3. The predicted octanol–water partition coefficient (Wildman–Crippen LogP) is 4.53. The van der Waals surface area contributed by atoms with Gasteiger partial charge < -0.3 is 4.57 Å². The van der Waals surface area contributed by atoms with Crippen LogP contribution in [0.4, 0.5) is 0 Å². The van der Waals surface area contributed by atoms with Gasteiger partial charge in [-0.3, -0.25) is 4.79 Å². The molecule has 0 saturated heterocycles. The molecule has 7 heteroatoms. The molecule has 0 unspecified atom stereocenters. The number of aryl methyl sites for hydroxylation is 1. The molecule has 118 valence electrons. The van der Waals surface area contributed by atoms with Crippen molar-refractivity contribution in [2.75, 3.05) is 5.75 Å². The Labute approximate surface area is 144 Å². The molecule has 2 aromatic rings. The lowest BCUT2D eigenvalue weighted by molar-refractivity contribution is 0.102. The van der Waals surface area contributed by atoms with Gasteiger partial charge in [-0.1, -0.05) is 41.9 Å². The Bertz CT molecular complexity index is 673. The van der Waals surface area contributed by atoms with Crippen LogP contribution in [0.2, 0.25) is 10.0 Å². The van der Waals surface area contributed by atoms with Crippen LogP contribution in [-0.4, -0.2) is 26.3 Å². The summed E-state index contributed by atoms with van der Waals surface area (Å²) in [5.41, 5.74) is 0.481. The third-order valence-electron chi connectivity index (χ3n) is 3.15. The minimum atomic E-state index is -0.0469. The molecule has 2 rings (SSSR count). The molecule has 0 aliphatic carbocycles. The van der Waals surface area contributed by atoms with Crippen molar-refractivity contribution in [2.45, 2.75) is 38.4 Å². The first-order valence-electron chi connectivity index (χ1n) is 7.09. The number of carbonyl (C=O) groups is 1. The molecule has 0 amide bonds. The van der Waals surface area contributed by atoms with Crippen LogP contribution in [-0.2, 0) is 13.0 Å². The minimum Gasteiger partial charge on any atom is -0.306 e. The van der Waals surface area contributed by atoms with E-state index in [2.05, 4.69) is 17.1 Å². The molecular weight excluding hydrogens is 341 g/mol. The number of carbonyl (C=O) groups excluding carboxylic acids is 1. The molecule has 1 aromatic carbocycles. The number of Topliss-reactive ketones (excluding diaryl/α,β-unsaturated/α-hetero) is 1. The van der Waals surface area contributed by atoms with Crippen LogP contribution in [0.25, 0.3) is 0 Å². The SMILES string of the molecule is CCCc1nnc(SCC(=O)c2ccc(Cl)cc2Cl)n1CC. The normalized spacial score (nSPS) is 10.9. The first kappa shape index (κ1) is 17.3. The van der Waals surface area contributed by atoms with Crippen molar-refractivity contribution in [3.63, 3.8) is 0 Å². The number of thioether (sulfide) groups is 1. The van der Waals surface area contributed by atoms with Gasteiger partial charge in [0, 0.05) is 23.6 Å². The van der Waals surface area contributed by atoms with Crippen molar-refractivity contribution in [1.82, 2.24) is 14.8 Å². The van der Waals surface area contributed by atoms with E-state index in [1.54, 1.807) is 18.2 Å². The monoisotopic (exact) mass is 357 g/mol. The Morgan fingerprint density at radius 3 is 2.68 bits per heavy atom. The van der Waals surface area contributed by atoms with Crippen molar-refractivity contribution >= 4 is 40.7 Å². The zero-order valence-electron chi connectivity index (χ0n) is 12.5. The average molecular weight is 358 g/mol. The van der Waals surface area contributed by atoms with Crippen molar-refractivity contribution in [3.05, 3.63) is 39.6 Å². The number of aromatic nitrogens is 3. The topological polar surface area (TPSA) is 47.8 Å². The maximum Gasteiger partial charge on any atom is 0.191 e. The molecule has 0 saturated carbocycles. The smallest absolute Gasteiger partial charge is 0.191 e. The van der Waals surface area contributed by atoms with E-state index in [9.17, 15) is 4.79 Å². The van der Waals surface area contributed by atoms with Crippen LogP contribution in [0.5, 0.6) is 0 Å². The molecule has 0 spiro atoms. The van der Waals surface area contributed by atoms with Gasteiger partial charge in [-0.15, -0.1) is 10.2 Å². The summed E-state index contributed by atoms with van der Waals surface area (Å²) in [6.45, 7) is 4.94. The minimum absolute atomic E-state index is 0.0469. The Morgan fingerprint density at radius 1 is 1.27 bits per heavy atom. The average Bonchev–Trinajstić information content (AvgIpc) is 2.87. The second-order valence-corrected chi connectivity index (χ2v) is 6.52. The fraction of sp³-hybridized carbons (Fsp3) is 0.400. The summed E-state index contributed by atoms with van der Waals surface area (Å²) in [5, 5.41) is 10.0. The highest BCUT2D eigenvalue weighted by Gasteiger charge is 2.15. The van der Waals surface area contributed by atoms with E-state index in [-0.39, 0.29) is 11.5 Å². The molecule has 22 heavy (non-hydrogen) atoms. The van der Waals surface area contributed by atoms with Gasteiger partial charge in [-0.2, -0.15) is 0 Å². The van der Waals surface area contributed by atoms with Crippen LogP contribution in [0.3, 0.4) is 0 Å². The quantitative estimate of drug-likeness (QED) is 0.539. The molecule has 0 radical (unpaired) electrons. The lowest BCUT2D eigenvalue weighted by Crippen LogP contribution is -2.06. The van der Waals surface area contributed by atoms with Gasteiger partial charge in [-0.25, -0.2) is 0 Å². The van der Waals surface area contributed by atoms with Crippen LogP contribution in [0.1, 0.15) is 36.5 Å². The third-order valence-corrected chi connectivity index (χ3v) is 4.66. The number of benzene rings is 1. The Morgan fingerprint density at radius 2 is 2.05 bits per heavy atom. The highest BCUT2D eigenvalue weighted by atomic mass is 35.5. The fourth-order valence-electron chi connectivity index (χ4n) is 2.08. The number of nitrogens with zero attached hydrogens (tertiary/aromatic N) is 3. The largest absolute Gasteiger partial charge is 0.306 e. The van der Waals surface area contributed by atoms with E-state index in [1.165, 1.54) is 11.8 Å². The predicted molar refractivity (Wildman–Crippen MR) is 91.2 cm³/mol. The van der Waals surface area contributed by atoms with Gasteiger partial charge >= 0.3 is 0 Å². The number of halogens is 2. The Hall–Kier alpha value is -1.04. The molecule has 0 N–H and O–H groups in total. The summed E-state index contributed by atoms with van der Waals surface area (Å²) in [6, 6.07) is 4.90. The third kappa shape index (κ3) is 4.03. The highest BCUT2D eigenvalue weighted by Crippen LogP contribution is 2.24. The van der Waals surface area contributed by atoms with E-state index in [4.69, 9.17) is 23.2 Å². The van der Waals surface area contributed by atoms with Crippen LogP contribution >= 0.6 is 35.0 Å². The Kier molecular flexibility index (Phi) is 6.29. The van der Waals surface area contributed by atoms with Gasteiger partial charge in [0.05, 0.1) is 10.8 Å². The maximum atomic E-state index is 12.3. The van der Waals surface area contributed by atoms with E-state index < -0.39 is 0 Å².